The second kappa shape index (κ2) is 13.7. The highest BCUT2D eigenvalue weighted by molar-refractivity contribution is 7.91. The van der Waals surface area contributed by atoms with Gasteiger partial charge in [-0.05, 0) is 64.8 Å². The van der Waals surface area contributed by atoms with E-state index in [4.69, 9.17) is 14.2 Å². The van der Waals surface area contributed by atoms with Gasteiger partial charge >= 0.3 is 12.1 Å². The van der Waals surface area contributed by atoms with Crippen molar-refractivity contribution in [2.75, 3.05) is 44.4 Å². The van der Waals surface area contributed by atoms with E-state index in [1.165, 1.54) is 35.3 Å². The number of sulfonamides is 1. The number of sulfone groups is 1. The zero-order chi connectivity index (χ0) is 33.0. The van der Waals surface area contributed by atoms with Gasteiger partial charge in [0, 0.05) is 19.6 Å². The van der Waals surface area contributed by atoms with E-state index in [0.717, 1.165) is 5.56 Å². The Balaban J connectivity index is 1.67. The molecule has 0 saturated carbocycles. The van der Waals surface area contributed by atoms with Crippen molar-refractivity contribution in [1.29, 1.82) is 0 Å². The molecular formula is C30H41N3O10S2. The molecule has 1 aromatic rings. The minimum Gasteiger partial charge on any atom is -0.459 e. The number of esters is 1. The Kier molecular flexibility index (Phi) is 10.6. The molecule has 2 N–H and O–H groups in total. The fraction of sp³-hybridized carbons (Fsp3) is 0.567. The Bertz CT molecular complexity index is 1560. The van der Waals surface area contributed by atoms with Crippen molar-refractivity contribution >= 4 is 37.7 Å². The van der Waals surface area contributed by atoms with E-state index in [1.54, 1.807) is 39.8 Å². The number of morpholine rings is 1. The molecule has 2 heterocycles. The summed E-state index contributed by atoms with van der Waals surface area (Å²) in [6.45, 7) is 8.24. The number of aryl methyl sites for hydroxylation is 1. The lowest BCUT2D eigenvalue weighted by Gasteiger charge is -2.38. The van der Waals surface area contributed by atoms with Crippen molar-refractivity contribution in [3.63, 3.8) is 0 Å². The number of nitrogens with one attached hydrogen (secondary N) is 2. The third-order valence-electron chi connectivity index (χ3n) is 7.63. The number of carbonyl (C=O) groups is 3. The second-order valence-corrected chi connectivity index (χ2v) is 16.4. The van der Waals surface area contributed by atoms with Crippen molar-refractivity contribution in [1.82, 2.24) is 14.9 Å². The predicted octanol–water partition coefficient (Wildman–Crippen LogP) is 1.63. The lowest BCUT2D eigenvalue weighted by Crippen LogP contribution is -2.56. The molecule has 3 aliphatic rings. The molecule has 4 rings (SSSR count). The fourth-order valence-corrected chi connectivity index (χ4v) is 7.82. The number of ketones is 1. The fourth-order valence-electron chi connectivity index (χ4n) is 5.27. The number of ether oxygens (including phenoxy) is 3. The maximum absolute atomic E-state index is 14.2. The van der Waals surface area contributed by atoms with Crippen molar-refractivity contribution < 1.29 is 45.4 Å². The first-order valence-corrected chi connectivity index (χ1v) is 18.0. The van der Waals surface area contributed by atoms with Gasteiger partial charge in [-0.15, -0.1) is 0 Å². The van der Waals surface area contributed by atoms with E-state index in [1.807, 2.05) is 0 Å². The molecule has 0 bridgehead atoms. The molecule has 1 aromatic carbocycles. The summed E-state index contributed by atoms with van der Waals surface area (Å²) in [4.78, 5) is 41.8. The van der Waals surface area contributed by atoms with Gasteiger partial charge in [-0.3, -0.25) is 9.59 Å². The molecule has 1 aliphatic carbocycles. The first-order valence-electron chi connectivity index (χ1n) is 14.7. The van der Waals surface area contributed by atoms with Gasteiger partial charge in [-0.25, -0.2) is 21.6 Å². The maximum Gasteiger partial charge on any atom is 0.415 e. The van der Waals surface area contributed by atoms with Crippen LogP contribution < -0.4 is 10.0 Å². The van der Waals surface area contributed by atoms with Crippen molar-refractivity contribution in [2.45, 2.75) is 63.1 Å². The highest BCUT2D eigenvalue weighted by Gasteiger charge is 2.47. The Hall–Kier alpha value is -3.11. The lowest BCUT2D eigenvalue weighted by molar-refractivity contribution is -0.157. The van der Waals surface area contributed by atoms with E-state index in [9.17, 15) is 31.2 Å². The van der Waals surface area contributed by atoms with Crippen LogP contribution in [0.5, 0.6) is 0 Å². The quantitative estimate of drug-likeness (QED) is 0.366. The SMILES string of the molecule is Cc1ccc(S(=O)(=O)N[C@@H](CC2(C(=O)C3CS(=O)(=O)CCN3)C=CC(OC(=O)N3CCOCC3)=CC2)C(=O)OC(C)(C)C)cc1. The molecule has 13 nitrogen and oxygen atoms in total. The van der Waals surface area contributed by atoms with Gasteiger partial charge in [0.05, 0.1) is 41.1 Å². The molecule has 2 aliphatic heterocycles. The molecule has 3 atom stereocenters. The van der Waals surface area contributed by atoms with Gasteiger partial charge < -0.3 is 24.4 Å². The zero-order valence-electron chi connectivity index (χ0n) is 25.9. The number of allylic oxidation sites excluding steroid dienone is 3. The lowest BCUT2D eigenvalue weighted by atomic mass is 9.71. The molecule has 15 heteroatoms. The summed E-state index contributed by atoms with van der Waals surface area (Å²) in [5.41, 5.74) is -1.71. The Morgan fingerprint density at radius 2 is 1.82 bits per heavy atom. The van der Waals surface area contributed by atoms with Gasteiger partial charge in [0.25, 0.3) is 0 Å². The molecule has 248 valence electrons. The van der Waals surface area contributed by atoms with Crippen LogP contribution in [0.2, 0.25) is 0 Å². The molecule has 2 saturated heterocycles. The minimum atomic E-state index is -4.26. The zero-order valence-corrected chi connectivity index (χ0v) is 27.5. The topological polar surface area (TPSA) is 174 Å². The molecule has 0 spiro atoms. The van der Waals surface area contributed by atoms with E-state index in [-0.39, 0.29) is 35.8 Å². The molecular weight excluding hydrogens is 626 g/mol. The van der Waals surface area contributed by atoms with E-state index in [0.29, 0.717) is 26.3 Å². The predicted molar refractivity (Wildman–Crippen MR) is 164 cm³/mol. The van der Waals surface area contributed by atoms with Crippen LogP contribution in [0.15, 0.2) is 53.1 Å². The highest BCUT2D eigenvalue weighted by Crippen LogP contribution is 2.38. The van der Waals surface area contributed by atoms with E-state index < -0.39 is 66.6 Å². The van der Waals surface area contributed by atoms with Crippen LogP contribution >= 0.6 is 0 Å². The van der Waals surface area contributed by atoms with Gasteiger partial charge in [0.2, 0.25) is 10.0 Å². The summed E-state index contributed by atoms with van der Waals surface area (Å²) >= 11 is 0. The normalized spacial score (nSPS) is 24.3. The van der Waals surface area contributed by atoms with E-state index in [2.05, 4.69) is 10.0 Å². The van der Waals surface area contributed by atoms with Crippen LogP contribution in [-0.2, 0) is 43.7 Å². The number of carbonyl (C=O) groups excluding carboxylic acids is 3. The molecule has 0 radical (unpaired) electrons. The van der Waals surface area contributed by atoms with Gasteiger partial charge in [-0.1, -0.05) is 23.8 Å². The smallest absolute Gasteiger partial charge is 0.415 e. The van der Waals surface area contributed by atoms with Crippen LogP contribution in [0, 0.1) is 12.3 Å². The Labute approximate surface area is 264 Å². The molecule has 45 heavy (non-hydrogen) atoms. The summed E-state index contributed by atoms with van der Waals surface area (Å²) in [5, 5.41) is 2.96. The molecule has 2 fully saturated rings. The van der Waals surface area contributed by atoms with Crippen LogP contribution in [0.25, 0.3) is 0 Å². The van der Waals surface area contributed by atoms with E-state index >= 15 is 0 Å². The van der Waals surface area contributed by atoms with Crippen molar-refractivity contribution in [3.8, 4) is 0 Å². The van der Waals surface area contributed by atoms with Crippen LogP contribution in [-0.4, -0.2) is 102 Å². The highest BCUT2D eigenvalue weighted by atomic mass is 32.2. The van der Waals surface area contributed by atoms with Gasteiger partial charge in [0.1, 0.15) is 17.4 Å². The van der Waals surface area contributed by atoms with Gasteiger partial charge in [-0.2, -0.15) is 4.72 Å². The minimum absolute atomic E-state index is 0.0618. The number of amides is 1. The van der Waals surface area contributed by atoms with Crippen LogP contribution in [0.3, 0.4) is 0 Å². The first kappa shape index (κ1) is 34.8. The number of benzene rings is 1. The molecule has 1 amide bonds. The Morgan fingerprint density at radius 3 is 2.40 bits per heavy atom. The maximum atomic E-state index is 14.2. The molecule has 2 unspecified atom stereocenters. The van der Waals surface area contributed by atoms with Crippen molar-refractivity contribution in [2.24, 2.45) is 5.41 Å². The largest absolute Gasteiger partial charge is 0.459 e. The summed E-state index contributed by atoms with van der Waals surface area (Å²) < 4.78 is 70.7. The second-order valence-electron chi connectivity index (χ2n) is 12.5. The van der Waals surface area contributed by atoms with Gasteiger partial charge in [0.15, 0.2) is 15.6 Å². The summed E-state index contributed by atoms with van der Waals surface area (Å²) in [6.07, 6.45) is 3.30. The van der Waals surface area contributed by atoms with Crippen LogP contribution in [0.4, 0.5) is 4.79 Å². The summed E-state index contributed by atoms with van der Waals surface area (Å²) in [6, 6.07) is 3.40. The summed E-state index contributed by atoms with van der Waals surface area (Å²) in [7, 11) is -7.79. The monoisotopic (exact) mass is 667 g/mol. The number of rotatable bonds is 9. The van der Waals surface area contributed by atoms with Crippen LogP contribution in [0.1, 0.15) is 39.2 Å². The first-order chi connectivity index (χ1) is 21.0. The standard InChI is InChI=1S/C30H41N3O10S2/c1-21-5-7-23(8-6-21)45(39,40)32-24(27(35)43-29(2,3)4)19-30(26(34)25-20-44(37,38)18-13-31-25)11-9-22(10-12-30)42-28(36)33-14-16-41-17-15-33/h5-11,24-25,31-32H,12-20H2,1-4H3/t24-,25?,30?/m0/s1. The Morgan fingerprint density at radius 1 is 1.16 bits per heavy atom. The van der Waals surface area contributed by atoms with Crippen molar-refractivity contribution in [3.05, 3.63) is 53.8 Å². The number of hydrogen-bond donors (Lipinski definition) is 2. The number of nitrogens with zero attached hydrogens (tertiary/aromatic N) is 1. The average Bonchev–Trinajstić information content (AvgIpc) is 2.96. The third-order valence-corrected chi connectivity index (χ3v) is 10.8. The third kappa shape index (κ3) is 9.22. The molecule has 0 aromatic heterocycles. The summed E-state index contributed by atoms with van der Waals surface area (Å²) in [5.74, 6) is -1.86. The number of hydrogen-bond acceptors (Lipinski definition) is 11. The number of Topliss-reactive ketones (excluding diaryl/α,β-unsaturated/α-hetero) is 1. The average molecular weight is 668 g/mol.